The molecule has 4 nitrogen and oxygen atoms in total. The average molecular weight is 221 g/mol. The van der Waals surface area contributed by atoms with Gasteiger partial charge in [-0.25, -0.2) is 14.3 Å². The summed E-state index contributed by atoms with van der Waals surface area (Å²) < 4.78 is 22.7. The van der Waals surface area contributed by atoms with Crippen molar-refractivity contribution in [3.8, 4) is 0 Å². The van der Waals surface area contributed by atoms with Gasteiger partial charge in [0.1, 0.15) is 0 Å². The Morgan fingerprint density at radius 2 is 2.14 bits per heavy atom. The Morgan fingerprint density at radius 3 is 2.64 bits per heavy atom. The van der Waals surface area contributed by atoms with Crippen LogP contribution in [0.2, 0.25) is 0 Å². The summed E-state index contributed by atoms with van der Waals surface area (Å²) in [7, 11) is -2.81. The van der Waals surface area contributed by atoms with Crippen molar-refractivity contribution in [2.45, 2.75) is 38.7 Å². The largest absolute Gasteiger partial charge is 0.299 e. The maximum atomic E-state index is 11.4. The van der Waals surface area contributed by atoms with Crippen molar-refractivity contribution < 1.29 is 13.3 Å². The van der Waals surface area contributed by atoms with Gasteiger partial charge in [0.2, 0.25) is 0 Å². The van der Waals surface area contributed by atoms with Gasteiger partial charge in [-0.1, -0.05) is 0 Å². The lowest BCUT2D eigenvalue weighted by molar-refractivity contribution is -0.0353. The van der Waals surface area contributed by atoms with Gasteiger partial charge in [0.05, 0.1) is 17.1 Å². The standard InChI is InChI=1S/C9H19NO3S/c1-9(2,13-10)6-8-4-3-5-14(11,12)7-8/h8H,3-7,10H2,1-2H3. The summed E-state index contributed by atoms with van der Waals surface area (Å²) in [6, 6.07) is 0. The average Bonchev–Trinajstić information content (AvgIpc) is 2.01. The number of nitrogens with two attached hydrogens (primary N) is 1. The Balaban J connectivity index is 2.54. The van der Waals surface area contributed by atoms with E-state index >= 15 is 0 Å². The van der Waals surface area contributed by atoms with E-state index in [1.165, 1.54) is 0 Å². The minimum Gasteiger partial charge on any atom is -0.299 e. The molecule has 0 aromatic rings. The maximum absolute atomic E-state index is 11.4. The van der Waals surface area contributed by atoms with Crippen LogP contribution < -0.4 is 5.90 Å². The van der Waals surface area contributed by atoms with E-state index < -0.39 is 15.4 Å². The van der Waals surface area contributed by atoms with E-state index in [1.54, 1.807) is 0 Å². The fourth-order valence-corrected chi connectivity index (χ4v) is 3.80. The minimum atomic E-state index is -2.81. The molecule has 1 unspecified atom stereocenters. The van der Waals surface area contributed by atoms with Crippen LogP contribution in [-0.4, -0.2) is 25.5 Å². The Labute approximate surface area is 85.7 Å². The second-order valence-corrected chi connectivity index (χ2v) is 6.93. The van der Waals surface area contributed by atoms with Crippen molar-refractivity contribution in [2.75, 3.05) is 11.5 Å². The van der Waals surface area contributed by atoms with E-state index in [4.69, 9.17) is 10.7 Å². The van der Waals surface area contributed by atoms with Crippen LogP contribution in [0.25, 0.3) is 0 Å². The highest BCUT2D eigenvalue weighted by molar-refractivity contribution is 7.91. The predicted octanol–water partition coefficient (Wildman–Crippen LogP) is 0.870. The first-order valence-electron chi connectivity index (χ1n) is 4.93. The van der Waals surface area contributed by atoms with E-state index in [-0.39, 0.29) is 5.92 Å². The van der Waals surface area contributed by atoms with Gasteiger partial charge in [-0.05, 0) is 39.0 Å². The molecule has 14 heavy (non-hydrogen) atoms. The van der Waals surface area contributed by atoms with Gasteiger partial charge >= 0.3 is 0 Å². The van der Waals surface area contributed by atoms with Crippen LogP contribution in [0, 0.1) is 5.92 Å². The smallest absolute Gasteiger partial charge is 0.150 e. The molecule has 0 aromatic carbocycles. The molecule has 1 saturated heterocycles. The Morgan fingerprint density at radius 1 is 1.50 bits per heavy atom. The molecule has 1 aliphatic rings. The topological polar surface area (TPSA) is 69.4 Å². The van der Waals surface area contributed by atoms with Crippen LogP contribution >= 0.6 is 0 Å². The van der Waals surface area contributed by atoms with Crippen molar-refractivity contribution in [1.82, 2.24) is 0 Å². The molecular formula is C9H19NO3S. The molecule has 0 spiro atoms. The van der Waals surface area contributed by atoms with Gasteiger partial charge in [0, 0.05) is 0 Å². The molecular weight excluding hydrogens is 202 g/mol. The molecule has 1 heterocycles. The van der Waals surface area contributed by atoms with E-state index in [1.807, 2.05) is 13.8 Å². The number of hydrogen-bond donors (Lipinski definition) is 1. The van der Waals surface area contributed by atoms with E-state index in [9.17, 15) is 8.42 Å². The molecule has 0 bridgehead atoms. The third-order valence-corrected chi connectivity index (χ3v) is 4.55. The Bertz CT molecular complexity index is 284. The highest BCUT2D eigenvalue weighted by Crippen LogP contribution is 2.27. The van der Waals surface area contributed by atoms with Crippen molar-refractivity contribution in [3.63, 3.8) is 0 Å². The first kappa shape index (κ1) is 11.9. The van der Waals surface area contributed by atoms with E-state index in [0.717, 1.165) is 12.8 Å². The maximum Gasteiger partial charge on any atom is 0.150 e. The summed E-state index contributed by atoms with van der Waals surface area (Å²) >= 11 is 0. The van der Waals surface area contributed by atoms with Gasteiger partial charge in [0.15, 0.2) is 9.84 Å². The minimum absolute atomic E-state index is 0.201. The van der Waals surface area contributed by atoms with E-state index in [0.29, 0.717) is 17.9 Å². The van der Waals surface area contributed by atoms with Crippen LogP contribution in [-0.2, 0) is 14.7 Å². The molecule has 0 aliphatic carbocycles. The van der Waals surface area contributed by atoms with Gasteiger partial charge < -0.3 is 0 Å². The summed E-state index contributed by atoms with van der Waals surface area (Å²) in [6.45, 7) is 3.77. The molecule has 1 atom stereocenters. The first-order valence-corrected chi connectivity index (χ1v) is 6.75. The molecule has 0 aromatic heterocycles. The van der Waals surface area contributed by atoms with Gasteiger partial charge in [0.25, 0.3) is 0 Å². The first-order chi connectivity index (χ1) is 6.35. The van der Waals surface area contributed by atoms with Gasteiger partial charge in [-0.3, -0.25) is 4.84 Å². The quantitative estimate of drug-likeness (QED) is 0.718. The van der Waals surface area contributed by atoms with Crippen LogP contribution in [0.3, 0.4) is 0 Å². The van der Waals surface area contributed by atoms with Crippen molar-refractivity contribution >= 4 is 9.84 Å². The van der Waals surface area contributed by atoms with Crippen LogP contribution in [0.1, 0.15) is 33.1 Å². The van der Waals surface area contributed by atoms with Crippen molar-refractivity contribution in [1.29, 1.82) is 0 Å². The summed E-state index contributed by atoms with van der Waals surface area (Å²) in [5, 5.41) is 0. The molecule has 0 saturated carbocycles. The highest BCUT2D eigenvalue weighted by Gasteiger charge is 2.30. The molecule has 84 valence electrons. The predicted molar refractivity (Wildman–Crippen MR) is 55.3 cm³/mol. The molecule has 1 fully saturated rings. The van der Waals surface area contributed by atoms with Gasteiger partial charge in [-0.15, -0.1) is 0 Å². The fraction of sp³-hybridized carbons (Fsp3) is 1.00. The van der Waals surface area contributed by atoms with Crippen molar-refractivity contribution in [3.05, 3.63) is 0 Å². The third-order valence-electron chi connectivity index (χ3n) is 2.66. The highest BCUT2D eigenvalue weighted by atomic mass is 32.2. The second-order valence-electron chi connectivity index (χ2n) is 4.70. The molecule has 5 heteroatoms. The van der Waals surface area contributed by atoms with Crippen LogP contribution in [0.5, 0.6) is 0 Å². The molecule has 0 radical (unpaired) electrons. The molecule has 0 amide bonds. The monoisotopic (exact) mass is 221 g/mol. The fourth-order valence-electron chi connectivity index (χ4n) is 2.02. The molecule has 2 N–H and O–H groups in total. The lowest BCUT2D eigenvalue weighted by Gasteiger charge is -2.29. The van der Waals surface area contributed by atoms with Crippen LogP contribution in [0.15, 0.2) is 0 Å². The van der Waals surface area contributed by atoms with Gasteiger partial charge in [-0.2, -0.15) is 0 Å². The third kappa shape index (κ3) is 3.55. The lowest BCUT2D eigenvalue weighted by Crippen LogP contribution is -2.35. The molecule has 1 aliphatic heterocycles. The van der Waals surface area contributed by atoms with Crippen molar-refractivity contribution in [2.24, 2.45) is 11.8 Å². The Kier molecular flexibility index (Phi) is 3.55. The summed E-state index contributed by atoms with van der Waals surface area (Å²) in [5.74, 6) is 5.97. The SMILES string of the molecule is CC(C)(CC1CCCS(=O)(=O)C1)ON. The zero-order valence-electron chi connectivity index (χ0n) is 8.82. The zero-order chi connectivity index (χ0) is 10.8. The van der Waals surface area contributed by atoms with E-state index in [2.05, 4.69) is 0 Å². The lowest BCUT2D eigenvalue weighted by atomic mass is 9.91. The molecule has 1 rings (SSSR count). The number of hydrogen-bond acceptors (Lipinski definition) is 4. The normalized spacial score (nSPS) is 27.5. The Hall–Kier alpha value is -0.130. The zero-order valence-corrected chi connectivity index (χ0v) is 9.64. The summed E-state index contributed by atoms with van der Waals surface area (Å²) in [5.41, 5.74) is -0.419. The summed E-state index contributed by atoms with van der Waals surface area (Å²) in [6.07, 6.45) is 2.45. The second kappa shape index (κ2) is 4.16. The number of rotatable bonds is 3. The number of sulfone groups is 1. The van der Waals surface area contributed by atoms with Crippen LogP contribution in [0.4, 0.5) is 0 Å². The summed E-state index contributed by atoms with van der Waals surface area (Å²) in [4.78, 5) is 4.81.